The lowest BCUT2D eigenvalue weighted by Crippen LogP contribution is -2.19. The minimum atomic E-state index is -0.0625. The molecular formula is C16H20O3. The third-order valence-electron chi connectivity index (χ3n) is 3.49. The van der Waals surface area contributed by atoms with Crippen LogP contribution in [-0.4, -0.2) is 19.7 Å². The first-order valence-corrected chi connectivity index (χ1v) is 6.74. The van der Waals surface area contributed by atoms with E-state index in [1.165, 1.54) is 11.1 Å². The van der Waals surface area contributed by atoms with Gasteiger partial charge in [0, 0.05) is 0 Å². The molecule has 1 atom stereocenters. The maximum Gasteiger partial charge on any atom is 0.309 e. The SMILES string of the molecule is CCOC(=O)C1CC=C(c2ccc(OC)cc2)CC1. The Labute approximate surface area is 114 Å². The number of methoxy groups -OCH3 is 1. The molecule has 0 aromatic heterocycles. The van der Waals surface area contributed by atoms with Gasteiger partial charge in [-0.05, 0) is 49.5 Å². The van der Waals surface area contributed by atoms with E-state index in [-0.39, 0.29) is 11.9 Å². The Morgan fingerprint density at radius 3 is 2.58 bits per heavy atom. The zero-order chi connectivity index (χ0) is 13.7. The molecule has 0 bridgehead atoms. The van der Waals surface area contributed by atoms with Crippen LogP contribution in [0, 0.1) is 5.92 Å². The van der Waals surface area contributed by atoms with E-state index in [2.05, 4.69) is 18.2 Å². The first kappa shape index (κ1) is 13.7. The molecule has 0 N–H and O–H groups in total. The van der Waals surface area contributed by atoms with E-state index in [0.29, 0.717) is 6.61 Å². The van der Waals surface area contributed by atoms with Crippen molar-refractivity contribution in [1.29, 1.82) is 0 Å². The van der Waals surface area contributed by atoms with Crippen molar-refractivity contribution < 1.29 is 14.3 Å². The number of benzene rings is 1. The predicted molar refractivity (Wildman–Crippen MR) is 74.9 cm³/mol. The Hall–Kier alpha value is -1.77. The maximum atomic E-state index is 11.7. The molecule has 1 aliphatic carbocycles. The van der Waals surface area contributed by atoms with Crippen LogP contribution < -0.4 is 4.74 Å². The Balaban J connectivity index is 2.01. The van der Waals surface area contributed by atoms with Gasteiger partial charge in [0.25, 0.3) is 0 Å². The summed E-state index contributed by atoms with van der Waals surface area (Å²) in [7, 11) is 1.67. The van der Waals surface area contributed by atoms with E-state index in [1.54, 1.807) is 7.11 Å². The second-order valence-corrected chi connectivity index (χ2v) is 4.68. The lowest BCUT2D eigenvalue weighted by Gasteiger charge is -2.20. The van der Waals surface area contributed by atoms with E-state index in [9.17, 15) is 4.79 Å². The van der Waals surface area contributed by atoms with Crippen LogP contribution in [0.4, 0.5) is 0 Å². The van der Waals surface area contributed by atoms with Gasteiger partial charge in [0.05, 0.1) is 19.6 Å². The van der Waals surface area contributed by atoms with Crippen molar-refractivity contribution in [2.75, 3.05) is 13.7 Å². The number of hydrogen-bond acceptors (Lipinski definition) is 3. The first-order chi connectivity index (χ1) is 9.24. The molecule has 19 heavy (non-hydrogen) atoms. The van der Waals surface area contributed by atoms with Gasteiger partial charge in [-0.2, -0.15) is 0 Å². The molecule has 0 aliphatic heterocycles. The summed E-state index contributed by atoms with van der Waals surface area (Å²) in [6, 6.07) is 8.06. The summed E-state index contributed by atoms with van der Waals surface area (Å²) in [6.07, 6.45) is 4.74. The third kappa shape index (κ3) is 3.37. The van der Waals surface area contributed by atoms with Gasteiger partial charge >= 0.3 is 5.97 Å². The number of allylic oxidation sites excluding steroid dienone is 2. The highest BCUT2D eigenvalue weighted by Crippen LogP contribution is 2.31. The van der Waals surface area contributed by atoms with Gasteiger partial charge in [-0.25, -0.2) is 0 Å². The third-order valence-corrected chi connectivity index (χ3v) is 3.49. The van der Waals surface area contributed by atoms with Crippen molar-refractivity contribution in [1.82, 2.24) is 0 Å². The highest BCUT2D eigenvalue weighted by Gasteiger charge is 2.22. The monoisotopic (exact) mass is 260 g/mol. The standard InChI is InChI=1S/C16H20O3/c1-3-19-16(17)14-6-4-12(5-7-14)13-8-10-15(18-2)11-9-13/h4,8-11,14H,3,5-7H2,1-2H3. The van der Waals surface area contributed by atoms with Gasteiger partial charge in [-0.3, -0.25) is 4.79 Å². The van der Waals surface area contributed by atoms with Crippen LogP contribution in [0.5, 0.6) is 5.75 Å². The second kappa shape index (κ2) is 6.41. The summed E-state index contributed by atoms with van der Waals surface area (Å²) in [5.41, 5.74) is 2.52. The van der Waals surface area contributed by atoms with Crippen LogP contribution in [0.15, 0.2) is 30.3 Å². The summed E-state index contributed by atoms with van der Waals surface area (Å²) in [5.74, 6) is 0.832. The van der Waals surface area contributed by atoms with E-state index < -0.39 is 0 Å². The fourth-order valence-corrected chi connectivity index (χ4v) is 2.38. The van der Waals surface area contributed by atoms with E-state index in [0.717, 1.165) is 25.0 Å². The molecule has 0 amide bonds. The molecule has 3 heteroatoms. The van der Waals surface area contributed by atoms with Crippen molar-refractivity contribution in [3.8, 4) is 5.75 Å². The molecule has 3 nitrogen and oxygen atoms in total. The quantitative estimate of drug-likeness (QED) is 0.778. The molecule has 0 spiro atoms. The average molecular weight is 260 g/mol. The molecule has 0 saturated heterocycles. The number of esters is 1. The van der Waals surface area contributed by atoms with Gasteiger partial charge in [-0.1, -0.05) is 18.2 Å². The van der Waals surface area contributed by atoms with Crippen LogP contribution in [0.25, 0.3) is 5.57 Å². The normalized spacial score (nSPS) is 18.6. The predicted octanol–water partition coefficient (Wildman–Crippen LogP) is 3.44. The highest BCUT2D eigenvalue weighted by molar-refractivity contribution is 5.75. The molecule has 102 valence electrons. The van der Waals surface area contributed by atoms with Crippen LogP contribution >= 0.6 is 0 Å². The van der Waals surface area contributed by atoms with Crippen molar-refractivity contribution in [3.05, 3.63) is 35.9 Å². The molecule has 0 saturated carbocycles. The first-order valence-electron chi connectivity index (χ1n) is 6.74. The van der Waals surface area contributed by atoms with Gasteiger partial charge in [0.15, 0.2) is 0 Å². The fourth-order valence-electron chi connectivity index (χ4n) is 2.38. The summed E-state index contributed by atoms with van der Waals surface area (Å²) < 4.78 is 10.2. The highest BCUT2D eigenvalue weighted by atomic mass is 16.5. The van der Waals surface area contributed by atoms with Gasteiger partial charge in [0.1, 0.15) is 5.75 Å². The largest absolute Gasteiger partial charge is 0.497 e. The smallest absolute Gasteiger partial charge is 0.309 e. The number of carbonyl (C=O) groups is 1. The van der Waals surface area contributed by atoms with Crippen LogP contribution in [0.3, 0.4) is 0 Å². The molecule has 2 rings (SSSR count). The summed E-state index contributed by atoms with van der Waals surface area (Å²) in [4.78, 5) is 11.7. The molecule has 0 fully saturated rings. The second-order valence-electron chi connectivity index (χ2n) is 4.68. The topological polar surface area (TPSA) is 35.5 Å². The molecule has 0 heterocycles. The minimum absolute atomic E-state index is 0.0296. The Morgan fingerprint density at radius 1 is 1.32 bits per heavy atom. The minimum Gasteiger partial charge on any atom is -0.497 e. The Kier molecular flexibility index (Phi) is 4.61. The maximum absolute atomic E-state index is 11.7. The van der Waals surface area contributed by atoms with E-state index in [4.69, 9.17) is 9.47 Å². The van der Waals surface area contributed by atoms with Crippen LogP contribution in [0.1, 0.15) is 31.7 Å². The number of rotatable bonds is 4. The zero-order valence-corrected chi connectivity index (χ0v) is 11.5. The molecule has 1 aliphatic rings. The lowest BCUT2D eigenvalue weighted by atomic mass is 9.86. The molecule has 0 radical (unpaired) electrons. The van der Waals surface area contributed by atoms with Gasteiger partial charge < -0.3 is 9.47 Å². The lowest BCUT2D eigenvalue weighted by molar-refractivity contribution is -0.148. The summed E-state index contributed by atoms with van der Waals surface area (Å²) >= 11 is 0. The van der Waals surface area contributed by atoms with Crippen molar-refractivity contribution in [3.63, 3.8) is 0 Å². The number of hydrogen-bond donors (Lipinski definition) is 0. The average Bonchev–Trinajstić information content (AvgIpc) is 2.48. The van der Waals surface area contributed by atoms with Gasteiger partial charge in [-0.15, -0.1) is 0 Å². The Morgan fingerprint density at radius 2 is 2.05 bits per heavy atom. The molecular weight excluding hydrogens is 240 g/mol. The zero-order valence-electron chi connectivity index (χ0n) is 11.5. The van der Waals surface area contributed by atoms with Gasteiger partial charge in [0.2, 0.25) is 0 Å². The van der Waals surface area contributed by atoms with Crippen LogP contribution in [0.2, 0.25) is 0 Å². The van der Waals surface area contributed by atoms with Crippen LogP contribution in [-0.2, 0) is 9.53 Å². The Bertz CT molecular complexity index is 459. The number of carbonyl (C=O) groups excluding carboxylic acids is 1. The summed E-state index contributed by atoms with van der Waals surface area (Å²) in [6.45, 7) is 2.31. The molecule has 1 unspecified atom stereocenters. The number of ether oxygens (including phenoxy) is 2. The van der Waals surface area contributed by atoms with E-state index in [1.807, 2.05) is 19.1 Å². The molecule has 1 aromatic carbocycles. The summed E-state index contributed by atoms with van der Waals surface area (Å²) in [5, 5.41) is 0. The molecule has 1 aromatic rings. The van der Waals surface area contributed by atoms with Crippen molar-refractivity contribution in [2.45, 2.75) is 26.2 Å². The van der Waals surface area contributed by atoms with Crippen molar-refractivity contribution >= 4 is 11.5 Å². The fraction of sp³-hybridized carbons (Fsp3) is 0.438. The van der Waals surface area contributed by atoms with Crippen molar-refractivity contribution in [2.24, 2.45) is 5.92 Å². The van der Waals surface area contributed by atoms with E-state index >= 15 is 0 Å².